The topological polar surface area (TPSA) is 56.5 Å². The van der Waals surface area contributed by atoms with Crippen LogP contribution in [-0.2, 0) is 4.74 Å². The van der Waals surface area contributed by atoms with Crippen molar-refractivity contribution in [3.63, 3.8) is 0 Å². The third-order valence-corrected chi connectivity index (χ3v) is 2.52. The summed E-state index contributed by atoms with van der Waals surface area (Å²) in [4.78, 5) is 23.3. The minimum absolute atomic E-state index is 0.0367. The van der Waals surface area contributed by atoms with E-state index in [1.54, 1.807) is 13.0 Å². The number of ether oxygens (including phenoxy) is 1. The van der Waals surface area contributed by atoms with E-state index in [0.29, 0.717) is 5.56 Å². The minimum Gasteiger partial charge on any atom is -0.463 e. The van der Waals surface area contributed by atoms with Gasteiger partial charge in [-0.25, -0.2) is 9.18 Å². The molecule has 0 saturated heterocycles. The number of ketones is 1. The molecule has 0 spiro atoms. The molecule has 4 nitrogen and oxygen atoms in total. The number of carbonyl (C=O) groups is 2. The summed E-state index contributed by atoms with van der Waals surface area (Å²) in [5, 5.41) is 0. The normalized spacial score (nSPS) is 10.3. The lowest BCUT2D eigenvalue weighted by atomic mass is 10.1. The van der Waals surface area contributed by atoms with Gasteiger partial charge in [-0.2, -0.15) is 0 Å². The van der Waals surface area contributed by atoms with Crippen molar-refractivity contribution in [2.45, 2.75) is 6.92 Å². The molecule has 5 heteroatoms. The van der Waals surface area contributed by atoms with E-state index < -0.39 is 17.6 Å². The number of benzene rings is 1. The van der Waals surface area contributed by atoms with Crippen LogP contribution in [0.4, 0.5) is 4.39 Å². The molecular formula is C14H11FO4. The van der Waals surface area contributed by atoms with Gasteiger partial charge in [0.25, 0.3) is 0 Å². The van der Waals surface area contributed by atoms with Crippen LogP contribution in [0, 0.1) is 12.7 Å². The summed E-state index contributed by atoms with van der Waals surface area (Å²) >= 11 is 0. The summed E-state index contributed by atoms with van der Waals surface area (Å²) in [6, 6.07) is 6.68. The number of furan rings is 1. The number of carbonyl (C=O) groups excluding carboxylic acids is 2. The Bertz CT molecular complexity index is 622. The summed E-state index contributed by atoms with van der Waals surface area (Å²) in [5.41, 5.74) is 0.798. The monoisotopic (exact) mass is 262 g/mol. The van der Waals surface area contributed by atoms with Gasteiger partial charge in [0.15, 0.2) is 5.76 Å². The Morgan fingerprint density at radius 1 is 1.16 bits per heavy atom. The van der Waals surface area contributed by atoms with Crippen molar-refractivity contribution < 1.29 is 23.1 Å². The summed E-state index contributed by atoms with van der Waals surface area (Å²) in [6.07, 6.45) is 0. The van der Waals surface area contributed by atoms with Crippen molar-refractivity contribution in [1.82, 2.24) is 0 Å². The fraction of sp³-hybridized carbons (Fsp3) is 0.143. The van der Waals surface area contributed by atoms with E-state index in [9.17, 15) is 14.0 Å². The molecule has 0 aliphatic carbocycles. The van der Waals surface area contributed by atoms with Crippen molar-refractivity contribution in [2.75, 3.05) is 7.11 Å². The molecule has 1 heterocycles. The summed E-state index contributed by atoms with van der Waals surface area (Å²) in [6.45, 7) is 1.68. The van der Waals surface area contributed by atoms with Gasteiger partial charge in [-0.05, 0) is 42.8 Å². The average Bonchev–Trinajstić information content (AvgIpc) is 2.85. The first-order chi connectivity index (χ1) is 9.01. The molecule has 0 fully saturated rings. The predicted octanol–water partition coefficient (Wildman–Crippen LogP) is 2.74. The van der Waals surface area contributed by atoms with Gasteiger partial charge in [-0.3, -0.25) is 4.79 Å². The second kappa shape index (κ2) is 5.06. The lowest BCUT2D eigenvalue weighted by molar-refractivity contribution is 0.0563. The molecule has 0 radical (unpaired) electrons. The zero-order chi connectivity index (χ0) is 14.0. The maximum atomic E-state index is 13.2. The number of aryl methyl sites for hydroxylation is 1. The number of esters is 1. The van der Waals surface area contributed by atoms with E-state index in [2.05, 4.69) is 4.74 Å². The predicted molar refractivity (Wildman–Crippen MR) is 64.6 cm³/mol. The first-order valence-corrected chi connectivity index (χ1v) is 5.51. The van der Waals surface area contributed by atoms with Crippen LogP contribution in [0.1, 0.15) is 32.2 Å². The molecule has 0 amide bonds. The van der Waals surface area contributed by atoms with Crippen molar-refractivity contribution in [3.05, 3.63) is 58.8 Å². The average molecular weight is 262 g/mol. The third kappa shape index (κ3) is 2.70. The molecule has 0 aliphatic rings. The number of methoxy groups -OCH3 is 1. The molecule has 0 bridgehead atoms. The van der Waals surface area contributed by atoms with E-state index in [1.807, 2.05) is 0 Å². The van der Waals surface area contributed by atoms with Crippen molar-refractivity contribution in [1.29, 1.82) is 0 Å². The van der Waals surface area contributed by atoms with E-state index in [0.717, 1.165) is 6.07 Å². The SMILES string of the molecule is COC(=O)c1ccc(C(=O)c2cc(C)cc(F)c2)o1. The number of rotatable bonds is 3. The number of hydrogen-bond donors (Lipinski definition) is 0. The van der Waals surface area contributed by atoms with Crippen LogP contribution in [0.3, 0.4) is 0 Å². The number of hydrogen-bond acceptors (Lipinski definition) is 4. The smallest absolute Gasteiger partial charge is 0.373 e. The lowest BCUT2D eigenvalue weighted by Crippen LogP contribution is -2.02. The maximum absolute atomic E-state index is 13.2. The fourth-order valence-electron chi connectivity index (χ4n) is 1.68. The van der Waals surface area contributed by atoms with Crippen LogP contribution < -0.4 is 0 Å². The molecule has 0 N–H and O–H groups in total. The van der Waals surface area contributed by atoms with Crippen LogP contribution in [0.2, 0.25) is 0 Å². The summed E-state index contributed by atoms with van der Waals surface area (Å²) in [5.74, 6) is -1.76. The quantitative estimate of drug-likeness (QED) is 0.630. The minimum atomic E-state index is -0.672. The standard InChI is InChI=1S/C14H11FO4/c1-8-5-9(7-10(15)6-8)13(16)11-3-4-12(19-11)14(17)18-2/h3-7H,1-2H3. The van der Waals surface area contributed by atoms with Crippen LogP contribution in [-0.4, -0.2) is 18.9 Å². The zero-order valence-electron chi connectivity index (χ0n) is 10.4. The Labute approximate surface area is 108 Å². The molecule has 0 atom stereocenters. The molecule has 0 unspecified atom stereocenters. The first-order valence-electron chi connectivity index (χ1n) is 5.51. The van der Waals surface area contributed by atoms with Gasteiger partial charge in [0, 0.05) is 5.56 Å². The second-order valence-corrected chi connectivity index (χ2v) is 4.00. The highest BCUT2D eigenvalue weighted by atomic mass is 19.1. The Morgan fingerprint density at radius 3 is 2.47 bits per heavy atom. The van der Waals surface area contributed by atoms with Crippen molar-refractivity contribution in [3.8, 4) is 0 Å². The van der Waals surface area contributed by atoms with Gasteiger partial charge >= 0.3 is 5.97 Å². The zero-order valence-corrected chi connectivity index (χ0v) is 10.4. The van der Waals surface area contributed by atoms with Gasteiger partial charge in [0.1, 0.15) is 5.82 Å². The molecular weight excluding hydrogens is 251 g/mol. The lowest BCUT2D eigenvalue weighted by Gasteiger charge is -2.00. The van der Waals surface area contributed by atoms with E-state index in [-0.39, 0.29) is 17.1 Å². The van der Waals surface area contributed by atoms with Crippen LogP contribution in [0.5, 0.6) is 0 Å². The highest BCUT2D eigenvalue weighted by molar-refractivity contribution is 6.07. The molecule has 2 aromatic rings. The Balaban J connectivity index is 2.33. The summed E-state index contributed by atoms with van der Waals surface area (Å²) in [7, 11) is 1.21. The van der Waals surface area contributed by atoms with Gasteiger partial charge in [-0.1, -0.05) is 0 Å². The van der Waals surface area contributed by atoms with Gasteiger partial charge in [0.05, 0.1) is 7.11 Å². The maximum Gasteiger partial charge on any atom is 0.373 e. The van der Waals surface area contributed by atoms with Crippen LogP contribution in [0.25, 0.3) is 0 Å². The molecule has 1 aromatic heterocycles. The molecule has 1 aromatic carbocycles. The first kappa shape index (κ1) is 13.0. The van der Waals surface area contributed by atoms with Gasteiger partial charge < -0.3 is 9.15 Å². The molecule has 0 aliphatic heterocycles. The van der Waals surface area contributed by atoms with Crippen LogP contribution in [0.15, 0.2) is 34.7 Å². The Morgan fingerprint density at radius 2 is 1.84 bits per heavy atom. The Kier molecular flexibility index (Phi) is 3.46. The number of halogens is 1. The largest absolute Gasteiger partial charge is 0.463 e. The molecule has 2 rings (SSSR count). The van der Waals surface area contributed by atoms with Crippen LogP contribution >= 0.6 is 0 Å². The second-order valence-electron chi connectivity index (χ2n) is 4.00. The summed E-state index contributed by atoms with van der Waals surface area (Å²) < 4.78 is 22.8. The van der Waals surface area contributed by atoms with Gasteiger partial charge in [0.2, 0.25) is 11.5 Å². The van der Waals surface area contributed by atoms with Crippen molar-refractivity contribution >= 4 is 11.8 Å². The molecule has 19 heavy (non-hydrogen) atoms. The van der Waals surface area contributed by atoms with Gasteiger partial charge in [-0.15, -0.1) is 0 Å². The van der Waals surface area contributed by atoms with E-state index in [1.165, 1.54) is 25.3 Å². The molecule has 98 valence electrons. The Hall–Kier alpha value is -2.43. The van der Waals surface area contributed by atoms with E-state index >= 15 is 0 Å². The van der Waals surface area contributed by atoms with E-state index in [4.69, 9.17) is 4.42 Å². The highest BCUT2D eigenvalue weighted by Gasteiger charge is 2.18. The fourth-order valence-corrected chi connectivity index (χ4v) is 1.68. The molecule has 0 saturated carbocycles. The third-order valence-electron chi connectivity index (χ3n) is 2.52. The highest BCUT2D eigenvalue weighted by Crippen LogP contribution is 2.16. The van der Waals surface area contributed by atoms with Crippen molar-refractivity contribution in [2.24, 2.45) is 0 Å².